The van der Waals surface area contributed by atoms with Crippen LogP contribution in [0.5, 0.6) is 0 Å². The first kappa shape index (κ1) is 13.1. The van der Waals surface area contributed by atoms with Crippen LogP contribution in [0, 0.1) is 6.92 Å². The first-order chi connectivity index (χ1) is 9.21. The number of hydrogen-bond acceptors (Lipinski definition) is 2. The van der Waals surface area contributed by atoms with Gasteiger partial charge < -0.3 is 0 Å². The zero-order valence-electron chi connectivity index (χ0n) is 11.2. The molecule has 1 aromatic heterocycles. The Morgan fingerprint density at radius 1 is 1.11 bits per heavy atom. The third-order valence-corrected chi connectivity index (χ3v) is 5.24. The monoisotopic (exact) mass is 291 g/mol. The predicted octanol–water partition coefficient (Wildman–Crippen LogP) is 5.36. The molecule has 0 atom stereocenters. The summed E-state index contributed by atoms with van der Waals surface area (Å²) in [6.07, 6.45) is 6.34. The molecule has 0 aliphatic heterocycles. The topological polar surface area (TPSA) is 12.9 Å². The number of rotatable bonds is 2. The highest BCUT2D eigenvalue weighted by atomic mass is 35.5. The number of benzene rings is 1. The molecule has 3 heteroatoms. The lowest BCUT2D eigenvalue weighted by Gasteiger charge is -2.36. The van der Waals surface area contributed by atoms with E-state index in [2.05, 4.69) is 24.4 Å². The van der Waals surface area contributed by atoms with Crippen molar-refractivity contribution >= 4 is 22.9 Å². The molecule has 1 fully saturated rings. The number of halogens is 1. The van der Waals surface area contributed by atoms with E-state index in [1.54, 1.807) is 11.3 Å². The molecule has 0 N–H and O–H groups in total. The van der Waals surface area contributed by atoms with Crippen LogP contribution in [0.1, 0.15) is 48.4 Å². The smallest absolute Gasteiger partial charge is 0.0897 e. The Labute approximate surface area is 123 Å². The minimum atomic E-state index is 0.119. The van der Waals surface area contributed by atoms with Crippen molar-refractivity contribution in [1.82, 2.24) is 4.98 Å². The molecule has 0 spiro atoms. The summed E-state index contributed by atoms with van der Waals surface area (Å²) in [5, 5.41) is 4.22. The van der Waals surface area contributed by atoms with Gasteiger partial charge in [-0.05, 0) is 37.5 Å². The molecule has 1 aliphatic carbocycles. The van der Waals surface area contributed by atoms with Gasteiger partial charge in [-0.15, -0.1) is 11.3 Å². The Balaban J connectivity index is 2.08. The molecule has 1 saturated carbocycles. The van der Waals surface area contributed by atoms with Crippen LogP contribution in [0.25, 0.3) is 0 Å². The Bertz CT molecular complexity index is 552. The second kappa shape index (κ2) is 5.26. The molecule has 0 unspecified atom stereocenters. The summed E-state index contributed by atoms with van der Waals surface area (Å²) < 4.78 is 0. The molecular weight excluding hydrogens is 274 g/mol. The normalized spacial score (nSPS) is 18.4. The molecule has 0 bridgehead atoms. The van der Waals surface area contributed by atoms with E-state index in [0.29, 0.717) is 0 Å². The maximum atomic E-state index is 6.03. The van der Waals surface area contributed by atoms with Crippen LogP contribution < -0.4 is 0 Å². The summed E-state index contributed by atoms with van der Waals surface area (Å²) in [4.78, 5) is 4.79. The average molecular weight is 292 g/mol. The lowest BCUT2D eigenvalue weighted by atomic mass is 9.67. The standard InChI is InChI=1S/C16H18ClNS/c1-12-18-15(11-19-12)16(9-3-2-4-10-16)13-5-7-14(17)8-6-13/h5-8,11H,2-4,9-10H2,1H3. The van der Waals surface area contributed by atoms with Crippen molar-refractivity contribution in [3.05, 3.63) is 50.9 Å². The van der Waals surface area contributed by atoms with Crippen molar-refractivity contribution in [2.45, 2.75) is 44.4 Å². The minimum absolute atomic E-state index is 0.119. The molecule has 0 saturated heterocycles. The van der Waals surface area contributed by atoms with Crippen LogP contribution in [0.15, 0.2) is 29.6 Å². The van der Waals surface area contributed by atoms with Crippen LogP contribution in [0.4, 0.5) is 0 Å². The van der Waals surface area contributed by atoms with Gasteiger partial charge in [0.05, 0.1) is 10.7 Å². The van der Waals surface area contributed by atoms with Crippen molar-refractivity contribution in [2.75, 3.05) is 0 Å². The van der Waals surface area contributed by atoms with Crippen molar-refractivity contribution in [2.24, 2.45) is 0 Å². The van der Waals surface area contributed by atoms with Crippen molar-refractivity contribution in [1.29, 1.82) is 0 Å². The highest BCUT2D eigenvalue weighted by molar-refractivity contribution is 7.09. The van der Waals surface area contributed by atoms with Crippen LogP contribution in [-0.4, -0.2) is 4.98 Å². The van der Waals surface area contributed by atoms with E-state index in [4.69, 9.17) is 16.6 Å². The Morgan fingerprint density at radius 3 is 2.37 bits per heavy atom. The van der Waals surface area contributed by atoms with Crippen LogP contribution in [0.3, 0.4) is 0 Å². The number of aryl methyl sites for hydroxylation is 1. The average Bonchev–Trinajstić information content (AvgIpc) is 2.87. The van der Waals surface area contributed by atoms with Gasteiger partial charge in [-0.1, -0.05) is 43.0 Å². The zero-order chi connectivity index (χ0) is 13.3. The SMILES string of the molecule is Cc1nc(C2(c3ccc(Cl)cc3)CCCCC2)cs1. The van der Waals surface area contributed by atoms with Gasteiger partial charge in [0.25, 0.3) is 0 Å². The largest absolute Gasteiger partial charge is 0.246 e. The molecular formula is C16H18ClNS. The summed E-state index contributed by atoms with van der Waals surface area (Å²) in [6, 6.07) is 8.38. The summed E-state index contributed by atoms with van der Waals surface area (Å²) in [5.41, 5.74) is 2.76. The molecule has 3 rings (SSSR count). The van der Waals surface area contributed by atoms with E-state index < -0.39 is 0 Å². The Hall–Kier alpha value is -0.860. The number of aromatic nitrogens is 1. The van der Waals surface area contributed by atoms with Crippen LogP contribution >= 0.6 is 22.9 Å². The van der Waals surface area contributed by atoms with Gasteiger partial charge in [0.15, 0.2) is 0 Å². The predicted molar refractivity (Wildman–Crippen MR) is 82.2 cm³/mol. The number of thiazole rings is 1. The fraction of sp³-hybridized carbons (Fsp3) is 0.438. The molecule has 1 nitrogen and oxygen atoms in total. The molecule has 0 amide bonds. The summed E-state index contributed by atoms with van der Waals surface area (Å²) in [6.45, 7) is 2.09. The molecule has 1 aliphatic rings. The fourth-order valence-corrected chi connectivity index (χ4v) is 4.04. The van der Waals surface area contributed by atoms with Gasteiger partial charge in [0, 0.05) is 15.8 Å². The zero-order valence-corrected chi connectivity index (χ0v) is 12.7. The van der Waals surface area contributed by atoms with Crippen molar-refractivity contribution in [3.8, 4) is 0 Å². The van der Waals surface area contributed by atoms with Gasteiger partial charge in [0.2, 0.25) is 0 Å². The molecule has 100 valence electrons. The lowest BCUT2D eigenvalue weighted by molar-refractivity contribution is 0.339. The fourth-order valence-electron chi connectivity index (χ4n) is 3.20. The van der Waals surface area contributed by atoms with Crippen molar-refractivity contribution < 1.29 is 0 Å². The van der Waals surface area contributed by atoms with Crippen LogP contribution in [-0.2, 0) is 5.41 Å². The second-order valence-corrected chi connectivity index (χ2v) is 6.90. The van der Waals surface area contributed by atoms with Crippen LogP contribution in [0.2, 0.25) is 5.02 Å². The highest BCUT2D eigenvalue weighted by Crippen LogP contribution is 2.45. The van der Waals surface area contributed by atoms with Gasteiger partial charge in [0.1, 0.15) is 0 Å². The quantitative estimate of drug-likeness (QED) is 0.726. The van der Waals surface area contributed by atoms with E-state index in [-0.39, 0.29) is 5.41 Å². The van der Waals surface area contributed by atoms with Gasteiger partial charge in [-0.25, -0.2) is 4.98 Å². The summed E-state index contributed by atoms with van der Waals surface area (Å²) in [7, 11) is 0. The molecule has 19 heavy (non-hydrogen) atoms. The van der Waals surface area contributed by atoms with Gasteiger partial charge in [-0.3, -0.25) is 0 Å². The van der Waals surface area contributed by atoms with E-state index in [1.807, 2.05) is 12.1 Å². The van der Waals surface area contributed by atoms with Gasteiger partial charge in [-0.2, -0.15) is 0 Å². The molecule has 0 radical (unpaired) electrons. The first-order valence-electron chi connectivity index (χ1n) is 6.89. The third-order valence-electron chi connectivity index (χ3n) is 4.21. The third kappa shape index (κ3) is 2.44. The maximum absolute atomic E-state index is 6.03. The molecule has 1 heterocycles. The molecule has 2 aromatic rings. The Morgan fingerprint density at radius 2 is 1.79 bits per heavy atom. The van der Waals surface area contributed by atoms with E-state index in [9.17, 15) is 0 Å². The summed E-state index contributed by atoms with van der Waals surface area (Å²) in [5.74, 6) is 0. The maximum Gasteiger partial charge on any atom is 0.0897 e. The number of hydrogen-bond donors (Lipinski definition) is 0. The van der Waals surface area contributed by atoms with Gasteiger partial charge >= 0.3 is 0 Å². The lowest BCUT2D eigenvalue weighted by Crippen LogP contribution is -2.30. The van der Waals surface area contributed by atoms with E-state index in [0.717, 1.165) is 10.0 Å². The van der Waals surface area contributed by atoms with E-state index in [1.165, 1.54) is 43.4 Å². The first-order valence-corrected chi connectivity index (χ1v) is 8.15. The number of nitrogens with zero attached hydrogens (tertiary/aromatic N) is 1. The van der Waals surface area contributed by atoms with Crippen molar-refractivity contribution in [3.63, 3.8) is 0 Å². The minimum Gasteiger partial charge on any atom is -0.246 e. The van der Waals surface area contributed by atoms with E-state index >= 15 is 0 Å². The summed E-state index contributed by atoms with van der Waals surface area (Å²) >= 11 is 7.79. The Kier molecular flexibility index (Phi) is 3.64. The molecule has 1 aromatic carbocycles. The highest BCUT2D eigenvalue weighted by Gasteiger charge is 2.37. The second-order valence-electron chi connectivity index (χ2n) is 5.40.